The molecule has 0 aliphatic rings. The van der Waals surface area contributed by atoms with Gasteiger partial charge in [0.25, 0.3) is 0 Å². The van der Waals surface area contributed by atoms with Crippen molar-refractivity contribution in [3.8, 4) is 0 Å². The van der Waals surface area contributed by atoms with E-state index in [0.29, 0.717) is 0 Å². The van der Waals surface area contributed by atoms with Crippen LogP contribution in [-0.4, -0.2) is 38.4 Å². The van der Waals surface area contributed by atoms with Crippen LogP contribution < -0.4 is 10.2 Å². The van der Waals surface area contributed by atoms with Crippen molar-refractivity contribution in [1.82, 2.24) is 0 Å². The van der Waals surface area contributed by atoms with Gasteiger partial charge in [-0.1, -0.05) is 0 Å². The standard InChI is InChI=1S/C6H10O6/c1-11-2-4(6(9)10)12-3-5(7)8/h4H,2-3H2,1H3,(H,7,8)(H,9,10)/p-2. The molecule has 6 nitrogen and oxygen atoms in total. The van der Waals surface area contributed by atoms with E-state index >= 15 is 0 Å². The van der Waals surface area contributed by atoms with Crippen molar-refractivity contribution in [1.29, 1.82) is 0 Å². The fourth-order valence-corrected chi connectivity index (χ4v) is 0.504. The first kappa shape index (κ1) is 10.9. The maximum absolute atomic E-state index is 10.2. The zero-order valence-electron chi connectivity index (χ0n) is 6.44. The monoisotopic (exact) mass is 176 g/mol. The van der Waals surface area contributed by atoms with Gasteiger partial charge in [0.1, 0.15) is 6.10 Å². The molecule has 1 atom stereocenters. The van der Waals surface area contributed by atoms with Crippen molar-refractivity contribution in [3.63, 3.8) is 0 Å². The van der Waals surface area contributed by atoms with Gasteiger partial charge in [0.2, 0.25) is 0 Å². The molecule has 0 heterocycles. The van der Waals surface area contributed by atoms with E-state index in [1.54, 1.807) is 0 Å². The molecule has 1 unspecified atom stereocenters. The Bertz CT molecular complexity index is 165. The van der Waals surface area contributed by atoms with Gasteiger partial charge in [0, 0.05) is 7.11 Å². The third-order valence-corrected chi connectivity index (χ3v) is 0.983. The van der Waals surface area contributed by atoms with Gasteiger partial charge in [-0.2, -0.15) is 0 Å². The highest BCUT2D eigenvalue weighted by atomic mass is 16.6. The summed E-state index contributed by atoms with van der Waals surface area (Å²) in [5.41, 5.74) is 0. The molecule has 0 amide bonds. The van der Waals surface area contributed by atoms with Crippen molar-refractivity contribution in [3.05, 3.63) is 0 Å². The molecule has 0 bridgehead atoms. The molecular weight excluding hydrogens is 168 g/mol. The van der Waals surface area contributed by atoms with Crippen LogP contribution in [0.3, 0.4) is 0 Å². The minimum atomic E-state index is -1.52. The molecule has 0 aliphatic heterocycles. The van der Waals surface area contributed by atoms with Crippen LogP contribution in [0.25, 0.3) is 0 Å². The highest BCUT2D eigenvalue weighted by Crippen LogP contribution is 1.90. The van der Waals surface area contributed by atoms with Crippen LogP contribution in [0.5, 0.6) is 0 Å². The molecule has 0 radical (unpaired) electrons. The number of carboxylic acids is 2. The van der Waals surface area contributed by atoms with Gasteiger partial charge in [-0.25, -0.2) is 0 Å². The molecule has 0 spiro atoms. The number of methoxy groups -OCH3 is 1. The van der Waals surface area contributed by atoms with E-state index in [-0.39, 0.29) is 6.61 Å². The van der Waals surface area contributed by atoms with Crippen molar-refractivity contribution in [2.75, 3.05) is 20.3 Å². The number of carbonyl (C=O) groups excluding carboxylic acids is 2. The predicted octanol–water partition coefficient (Wildman–Crippen LogP) is -3.48. The predicted molar refractivity (Wildman–Crippen MR) is 31.6 cm³/mol. The van der Waals surface area contributed by atoms with Crippen LogP contribution >= 0.6 is 0 Å². The quantitative estimate of drug-likeness (QED) is 0.416. The number of rotatable bonds is 6. The largest absolute Gasteiger partial charge is 0.548 e. The Morgan fingerprint density at radius 1 is 1.42 bits per heavy atom. The zero-order chi connectivity index (χ0) is 9.56. The van der Waals surface area contributed by atoms with E-state index in [1.165, 1.54) is 7.11 Å². The van der Waals surface area contributed by atoms with Gasteiger partial charge in [0.05, 0.1) is 25.2 Å². The van der Waals surface area contributed by atoms with E-state index in [9.17, 15) is 19.8 Å². The minimum absolute atomic E-state index is 0.254. The summed E-state index contributed by atoms with van der Waals surface area (Å²) in [4.78, 5) is 20.0. The van der Waals surface area contributed by atoms with Crippen LogP contribution in [-0.2, 0) is 19.1 Å². The fraction of sp³-hybridized carbons (Fsp3) is 0.667. The second-order valence-electron chi connectivity index (χ2n) is 1.95. The highest BCUT2D eigenvalue weighted by Gasteiger charge is 2.09. The first-order valence-electron chi connectivity index (χ1n) is 3.09. The maximum Gasteiger partial charge on any atom is 0.121 e. The summed E-state index contributed by atoms with van der Waals surface area (Å²) < 4.78 is 8.79. The number of hydrogen-bond donors (Lipinski definition) is 0. The fourth-order valence-electron chi connectivity index (χ4n) is 0.504. The maximum atomic E-state index is 10.2. The first-order valence-corrected chi connectivity index (χ1v) is 3.09. The summed E-state index contributed by atoms with van der Waals surface area (Å²) >= 11 is 0. The summed E-state index contributed by atoms with van der Waals surface area (Å²) in [6, 6.07) is 0. The van der Waals surface area contributed by atoms with Crippen LogP contribution in [0.2, 0.25) is 0 Å². The lowest BCUT2D eigenvalue weighted by molar-refractivity contribution is -0.323. The average molecular weight is 176 g/mol. The Labute approximate surface area is 68.7 Å². The van der Waals surface area contributed by atoms with E-state index in [2.05, 4.69) is 9.47 Å². The average Bonchev–Trinajstić information content (AvgIpc) is 1.96. The van der Waals surface area contributed by atoms with E-state index in [0.717, 1.165) is 0 Å². The van der Waals surface area contributed by atoms with Crippen LogP contribution in [0.15, 0.2) is 0 Å². The molecule has 0 aliphatic carbocycles. The summed E-state index contributed by atoms with van der Waals surface area (Å²) in [6.07, 6.45) is -1.37. The van der Waals surface area contributed by atoms with Crippen molar-refractivity contribution >= 4 is 11.9 Å². The minimum Gasteiger partial charge on any atom is -0.548 e. The molecule has 0 saturated carbocycles. The summed E-state index contributed by atoms with van der Waals surface area (Å²) in [5.74, 6) is -3.00. The lowest BCUT2D eigenvalue weighted by atomic mass is 10.4. The lowest BCUT2D eigenvalue weighted by Crippen LogP contribution is -2.42. The number of aliphatic carboxylic acids is 2. The molecule has 0 fully saturated rings. The van der Waals surface area contributed by atoms with E-state index in [1.807, 2.05) is 0 Å². The van der Waals surface area contributed by atoms with Crippen LogP contribution in [0, 0.1) is 0 Å². The van der Waals surface area contributed by atoms with Crippen LogP contribution in [0.1, 0.15) is 0 Å². The number of carbonyl (C=O) groups is 2. The number of carboxylic acid groups (broad SMARTS) is 2. The van der Waals surface area contributed by atoms with E-state index in [4.69, 9.17) is 0 Å². The smallest absolute Gasteiger partial charge is 0.121 e. The summed E-state index contributed by atoms with van der Waals surface area (Å²) in [6.45, 7) is -1.04. The van der Waals surface area contributed by atoms with Gasteiger partial charge < -0.3 is 29.3 Å². The summed E-state index contributed by atoms with van der Waals surface area (Å²) in [5, 5.41) is 20.0. The SMILES string of the molecule is COCC(OCC(=O)[O-])C(=O)[O-]. The Hall–Kier alpha value is -1.14. The lowest BCUT2D eigenvalue weighted by Gasteiger charge is -2.17. The molecule has 0 aromatic carbocycles. The van der Waals surface area contributed by atoms with Crippen LogP contribution in [0.4, 0.5) is 0 Å². The Kier molecular flexibility index (Phi) is 4.98. The van der Waals surface area contributed by atoms with E-state index < -0.39 is 24.6 Å². The Morgan fingerprint density at radius 2 is 2.00 bits per heavy atom. The molecule has 0 N–H and O–H groups in total. The van der Waals surface area contributed by atoms with Gasteiger partial charge >= 0.3 is 0 Å². The molecular formula is C6H8O6-2. The first-order chi connectivity index (χ1) is 5.57. The Morgan fingerprint density at radius 3 is 2.33 bits per heavy atom. The second kappa shape index (κ2) is 5.50. The third kappa shape index (κ3) is 4.64. The Balaban J connectivity index is 3.79. The number of hydrogen-bond acceptors (Lipinski definition) is 6. The molecule has 0 saturated heterocycles. The van der Waals surface area contributed by atoms with Gasteiger partial charge in [0.15, 0.2) is 0 Å². The normalized spacial score (nSPS) is 12.4. The highest BCUT2D eigenvalue weighted by molar-refractivity contribution is 5.71. The summed E-state index contributed by atoms with van der Waals surface area (Å²) in [7, 11) is 1.26. The second-order valence-corrected chi connectivity index (χ2v) is 1.95. The van der Waals surface area contributed by atoms with Gasteiger partial charge in [-0.15, -0.1) is 0 Å². The topological polar surface area (TPSA) is 98.7 Å². The van der Waals surface area contributed by atoms with Crippen molar-refractivity contribution in [2.24, 2.45) is 0 Å². The number of ether oxygens (including phenoxy) is 2. The van der Waals surface area contributed by atoms with Gasteiger partial charge in [-0.3, -0.25) is 0 Å². The molecule has 70 valence electrons. The third-order valence-electron chi connectivity index (χ3n) is 0.983. The zero-order valence-corrected chi connectivity index (χ0v) is 6.44. The molecule has 0 aromatic rings. The molecule has 0 rings (SSSR count). The molecule has 12 heavy (non-hydrogen) atoms. The van der Waals surface area contributed by atoms with Gasteiger partial charge in [-0.05, 0) is 0 Å². The molecule has 0 aromatic heterocycles. The van der Waals surface area contributed by atoms with Crippen molar-refractivity contribution < 1.29 is 29.3 Å². The molecule has 6 heteroatoms. The van der Waals surface area contributed by atoms with Crippen molar-refractivity contribution in [2.45, 2.75) is 6.10 Å².